The van der Waals surface area contributed by atoms with E-state index in [4.69, 9.17) is 9.97 Å². The zero-order valence-electron chi connectivity index (χ0n) is 50.9. The fourth-order valence-corrected chi connectivity index (χ4v) is 15.6. The van der Waals surface area contributed by atoms with Gasteiger partial charge < -0.3 is 18.3 Å². The van der Waals surface area contributed by atoms with Crippen LogP contribution < -0.4 is 0 Å². The van der Waals surface area contributed by atoms with Crippen LogP contribution in [0.25, 0.3) is 188 Å². The first-order chi connectivity index (χ1) is 47.3. The molecule has 0 spiro atoms. The Labute approximate surface area is 545 Å². The lowest BCUT2D eigenvalue weighted by Gasteiger charge is -2.18. The largest absolute Gasteiger partial charge is 0.309 e. The Morgan fingerprint density at radius 1 is 0.240 bits per heavy atom. The fourth-order valence-electron chi connectivity index (χ4n) is 15.6. The van der Waals surface area contributed by atoms with Crippen LogP contribution in [0.5, 0.6) is 0 Å². The Morgan fingerprint density at radius 3 is 1.06 bits per heavy atom. The van der Waals surface area contributed by atoms with Gasteiger partial charge in [-0.3, -0.25) is 0 Å². The molecular weight excluding hydrogens is 1190 g/mol. The molecule has 0 bridgehead atoms. The predicted octanol–water partition coefficient (Wildman–Crippen LogP) is 22.9. The average molecular weight is 1240 g/mol. The van der Waals surface area contributed by atoms with E-state index in [-0.39, 0.29) is 11.5 Å². The summed E-state index contributed by atoms with van der Waals surface area (Å²) in [6.07, 6.45) is 0. The van der Waals surface area contributed by atoms with Gasteiger partial charge in [-0.15, -0.1) is 0 Å². The highest BCUT2D eigenvalue weighted by Gasteiger charge is 2.36. The topological polar surface area (TPSA) is 45.5 Å². The molecule has 1 aliphatic carbocycles. The van der Waals surface area contributed by atoms with Crippen LogP contribution in [-0.4, -0.2) is 28.2 Å². The van der Waals surface area contributed by atoms with Gasteiger partial charge >= 0.3 is 0 Å². The average Bonchev–Trinajstić information content (AvgIpc) is 1.51. The summed E-state index contributed by atoms with van der Waals surface area (Å²) in [4.78, 5) is 10.3. The summed E-state index contributed by atoms with van der Waals surface area (Å²) in [5, 5.41) is 9.70. The zero-order chi connectivity index (χ0) is 63.6. The Hall–Kier alpha value is -12.7. The van der Waals surface area contributed by atoms with Crippen molar-refractivity contribution in [3.05, 3.63) is 314 Å². The number of nitrogens with zero attached hydrogens (tertiary/aromatic N) is 6. The van der Waals surface area contributed by atoms with E-state index < -0.39 is 34.5 Å². The molecule has 0 saturated heterocycles. The second kappa shape index (κ2) is 20.4. The lowest BCUT2D eigenvalue weighted by molar-refractivity contribution is 0.434. The van der Waals surface area contributed by atoms with Gasteiger partial charge in [-0.05, 0) is 160 Å². The molecule has 0 atom stereocenters. The summed E-state index contributed by atoms with van der Waals surface area (Å²) in [7, 11) is 0. The van der Waals surface area contributed by atoms with Crippen LogP contribution in [0, 0.1) is 23.3 Å². The third-order valence-electron chi connectivity index (χ3n) is 19.8. The van der Waals surface area contributed by atoms with Crippen molar-refractivity contribution < 1.29 is 17.6 Å². The van der Waals surface area contributed by atoms with Gasteiger partial charge in [-0.2, -0.15) is 0 Å². The third-order valence-corrected chi connectivity index (χ3v) is 19.8. The molecule has 0 unspecified atom stereocenters. The lowest BCUT2D eigenvalue weighted by Crippen LogP contribution is -2.10. The van der Waals surface area contributed by atoms with Crippen molar-refractivity contribution in [2.75, 3.05) is 0 Å². The molecule has 450 valence electrons. The number of hydrogen-bond acceptors (Lipinski definition) is 2. The second-order valence-electron chi connectivity index (χ2n) is 24.9. The van der Waals surface area contributed by atoms with Gasteiger partial charge in [0.25, 0.3) is 0 Å². The highest BCUT2D eigenvalue weighted by Crippen LogP contribution is 2.52. The number of halogens is 4. The number of para-hydroxylation sites is 6. The van der Waals surface area contributed by atoms with Crippen molar-refractivity contribution in [2.24, 2.45) is 0 Å². The van der Waals surface area contributed by atoms with E-state index in [1.807, 2.05) is 127 Å². The first-order valence-corrected chi connectivity index (χ1v) is 32.0. The van der Waals surface area contributed by atoms with Crippen molar-refractivity contribution in [3.63, 3.8) is 0 Å². The molecule has 10 heteroatoms. The minimum absolute atomic E-state index is 0.146. The standard InChI is InChI=1S/C86H48F4N6/c87-79-78(80(88)85(82(90)81(79)89)96-71-32-14-10-26-61(71)67-48-54(38-44-75(67)96)53-36-42-73-65(46-53)59-24-8-12-30-69(59)94(73)56-21-5-2-6-22-56)84-77-62-27-15-17-49-18-16-28-63(76(49)62)83(77)91-86(92-84)50-33-39-57(40-34-50)95-70-31-13-9-25-60(70)66-47-52(37-43-74(66)95)51-35-41-72-64(45-51)58-23-7-11-29-68(58)93(72)55-19-3-1-4-20-55/h1-48H. The molecule has 14 aromatic carbocycles. The van der Waals surface area contributed by atoms with E-state index in [0.29, 0.717) is 44.2 Å². The van der Waals surface area contributed by atoms with E-state index in [1.165, 1.54) is 15.3 Å². The molecule has 1 aliphatic rings. The molecule has 20 rings (SSSR count). The summed E-state index contributed by atoms with van der Waals surface area (Å²) in [6, 6.07) is 97.9. The Morgan fingerprint density at radius 2 is 0.604 bits per heavy atom. The van der Waals surface area contributed by atoms with Crippen molar-refractivity contribution in [1.82, 2.24) is 28.2 Å². The summed E-state index contributed by atoms with van der Waals surface area (Å²) in [5.74, 6) is -6.36. The zero-order valence-corrected chi connectivity index (χ0v) is 50.9. The maximum Gasteiger partial charge on any atom is 0.197 e. The maximum atomic E-state index is 18.7. The van der Waals surface area contributed by atoms with Crippen molar-refractivity contribution >= 4 is 98.0 Å². The SMILES string of the molecule is Fc1c(F)c(-c2nc(-c3ccc(-n4c5ccccc5c5cc(-c6ccc7c(c6)c6ccccc6n7-c6ccccc6)ccc54)cc3)nc3c2-c2cccc4cccc-3c24)c(F)c(-n2c3ccccc3c3cc(-c4ccc5c(c4)c4ccccc4n5-c4ccccc4)ccc32)c1F. The van der Waals surface area contributed by atoms with Crippen LogP contribution in [0.4, 0.5) is 17.6 Å². The highest BCUT2D eigenvalue weighted by atomic mass is 19.2. The fraction of sp³-hybridized carbons (Fsp3) is 0. The normalized spacial score (nSPS) is 12.2. The summed E-state index contributed by atoms with van der Waals surface area (Å²) in [5.41, 5.74) is 15.0. The molecule has 96 heavy (non-hydrogen) atoms. The molecule has 5 aromatic heterocycles. The first-order valence-electron chi connectivity index (χ1n) is 32.0. The van der Waals surface area contributed by atoms with Crippen LogP contribution in [-0.2, 0) is 0 Å². The Balaban J connectivity index is 0.718. The lowest BCUT2D eigenvalue weighted by atomic mass is 9.97. The minimum Gasteiger partial charge on any atom is -0.309 e. The molecule has 0 radical (unpaired) electrons. The van der Waals surface area contributed by atoms with Gasteiger partial charge in [-0.25, -0.2) is 27.5 Å². The minimum atomic E-state index is -1.83. The predicted molar refractivity (Wildman–Crippen MR) is 383 cm³/mol. The van der Waals surface area contributed by atoms with Gasteiger partial charge in [0.2, 0.25) is 0 Å². The van der Waals surface area contributed by atoms with Crippen LogP contribution in [0.15, 0.2) is 291 Å². The van der Waals surface area contributed by atoms with E-state index in [1.54, 1.807) is 18.2 Å². The van der Waals surface area contributed by atoms with Crippen molar-refractivity contribution in [3.8, 4) is 90.0 Å². The first kappa shape index (κ1) is 53.9. The maximum absolute atomic E-state index is 18.7. The van der Waals surface area contributed by atoms with Gasteiger partial charge in [0.05, 0.1) is 61.1 Å². The molecule has 0 saturated carbocycles. The van der Waals surface area contributed by atoms with Crippen LogP contribution >= 0.6 is 0 Å². The molecular formula is C86H48F4N6. The smallest absolute Gasteiger partial charge is 0.197 e. The number of rotatable bonds is 8. The number of benzene rings is 14. The summed E-state index contributed by atoms with van der Waals surface area (Å²) >= 11 is 0. The molecule has 19 aromatic rings. The van der Waals surface area contributed by atoms with E-state index in [0.717, 1.165) is 110 Å². The van der Waals surface area contributed by atoms with Crippen molar-refractivity contribution in [1.29, 1.82) is 0 Å². The molecule has 0 N–H and O–H groups in total. The van der Waals surface area contributed by atoms with Crippen LogP contribution in [0.2, 0.25) is 0 Å². The molecule has 0 amide bonds. The second-order valence-corrected chi connectivity index (χ2v) is 24.9. The molecule has 0 fully saturated rings. The van der Waals surface area contributed by atoms with E-state index in [9.17, 15) is 0 Å². The van der Waals surface area contributed by atoms with Gasteiger partial charge in [-0.1, -0.05) is 170 Å². The monoisotopic (exact) mass is 1240 g/mol. The third kappa shape index (κ3) is 7.69. The number of aromatic nitrogens is 6. The van der Waals surface area contributed by atoms with Gasteiger partial charge in [0.1, 0.15) is 5.69 Å². The summed E-state index contributed by atoms with van der Waals surface area (Å²) in [6.45, 7) is 0. The van der Waals surface area contributed by atoms with Crippen LogP contribution in [0.3, 0.4) is 0 Å². The van der Waals surface area contributed by atoms with Gasteiger partial charge in [0.15, 0.2) is 29.1 Å². The number of hydrogen-bond donors (Lipinski definition) is 0. The van der Waals surface area contributed by atoms with Crippen molar-refractivity contribution in [2.45, 2.75) is 0 Å². The molecule has 0 aliphatic heterocycles. The number of fused-ring (bicyclic) bond motifs is 15. The Kier molecular flexibility index (Phi) is 11.5. The van der Waals surface area contributed by atoms with Gasteiger partial charge in [0, 0.05) is 76.8 Å². The quantitative estimate of drug-likeness (QED) is 0.0865. The van der Waals surface area contributed by atoms with E-state index in [2.05, 4.69) is 159 Å². The Bertz CT molecular complexity index is 6550. The molecule has 6 nitrogen and oxygen atoms in total. The van der Waals surface area contributed by atoms with E-state index >= 15 is 17.6 Å². The molecule has 5 heterocycles. The highest BCUT2D eigenvalue weighted by molar-refractivity contribution is 6.18. The van der Waals surface area contributed by atoms with Crippen LogP contribution in [0.1, 0.15) is 0 Å². The summed E-state index contributed by atoms with van der Waals surface area (Å²) < 4.78 is 78.7.